The second kappa shape index (κ2) is 7.78. The highest BCUT2D eigenvalue weighted by molar-refractivity contribution is 5.97. The van der Waals surface area contributed by atoms with Crippen molar-refractivity contribution in [3.8, 4) is 0 Å². The first-order chi connectivity index (χ1) is 13.1. The molecule has 1 aliphatic rings. The highest BCUT2D eigenvalue weighted by atomic mass is 16.4. The molecule has 2 atom stereocenters. The predicted octanol–water partition coefficient (Wildman–Crippen LogP) is 3.76. The molecule has 2 aromatic rings. The summed E-state index contributed by atoms with van der Waals surface area (Å²) in [5.74, 6) is -0.916. The van der Waals surface area contributed by atoms with E-state index in [9.17, 15) is 14.4 Å². The lowest BCUT2D eigenvalue weighted by Gasteiger charge is -2.32. The molecule has 150 valence electrons. The van der Waals surface area contributed by atoms with Gasteiger partial charge in [0.1, 0.15) is 5.58 Å². The molecule has 1 saturated carbocycles. The van der Waals surface area contributed by atoms with Crippen LogP contribution in [0.2, 0.25) is 0 Å². The molecule has 1 aliphatic carbocycles. The van der Waals surface area contributed by atoms with Gasteiger partial charge in [-0.15, -0.1) is 0 Å². The molecule has 0 saturated heterocycles. The monoisotopic (exact) mass is 384 g/mol. The summed E-state index contributed by atoms with van der Waals surface area (Å²) >= 11 is 0. The molecule has 1 heterocycles. The predicted molar refractivity (Wildman–Crippen MR) is 109 cm³/mol. The number of hydrogen-bond acceptors (Lipinski definition) is 4. The van der Waals surface area contributed by atoms with Crippen molar-refractivity contribution in [3.63, 3.8) is 0 Å². The Morgan fingerprint density at radius 2 is 1.68 bits per heavy atom. The fourth-order valence-electron chi connectivity index (χ4n) is 3.86. The van der Waals surface area contributed by atoms with E-state index in [2.05, 4.69) is 10.6 Å². The van der Waals surface area contributed by atoms with Gasteiger partial charge >= 0.3 is 5.63 Å². The minimum atomic E-state index is -0.417. The van der Waals surface area contributed by atoms with Crippen LogP contribution in [0.5, 0.6) is 0 Å². The maximum absolute atomic E-state index is 12.9. The minimum Gasteiger partial charge on any atom is -0.423 e. The standard InChI is InChI=1S/C22H28N2O4/c1-13-11-19(25)28-18-12-14(9-10-15(13)18)23-20(26)16-7-5-6-8-17(16)21(27)24-22(2,3)4/h9-12,16-17H,5-8H2,1-4H3,(H,23,26)(H,24,27)/t16-,17+/m0/s1. The van der Waals surface area contributed by atoms with Crippen LogP contribution < -0.4 is 16.3 Å². The quantitative estimate of drug-likeness (QED) is 0.789. The van der Waals surface area contributed by atoms with E-state index in [0.717, 1.165) is 23.8 Å². The largest absolute Gasteiger partial charge is 0.423 e. The molecule has 2 N–H and O–H groups in total. The zero-order chi connectivity index (χ0) is 20.5. The van der Waals surface area contributed by atoms with Crippen LogP contribution in [0.25, 0.3) is 11.0 Å². The van der Waals surface area contributed by atoms with Crippen molar-refractivity contribution in [1.29, 1.82) is 0 Å². The molecule has 1 aromatic heterocycles. The maximum Gasteiger partial charge on any atom is 0.336 e. The molecule has 1 fully saturated rings. The second-order valence-corrected chi connectivity index (χ2v) is 8.69. The van der Waals surface area contributed by atoms with E-state index in [1.54, 1.807) is 12.1 Å². The lowest BCUT2D eigenvalue weighted by atomic mass is 9.77. The van der Waals surface area contributed by atoms with Crippen molar-refractivity contribution in [3.05, 3.63) is 40.2 Å². The van der Waals surface area contributed by atoms with Gasteiger partial charge in [-0.2, -0.15) is 0 Å². The third-order valence-corrected chi connectivity index (χ3v) is 5.16. The van der Waals surface area contributed by atoms with E-state index in [1.807, 2.05) is 33.8 Å². The van der Waals surface area contributed by atoms with Crippen LogP contribution in [-0.2, 0) is 9.59 Å². The van der Waals surface area contributed by atoms with E-state index in [1.165, 1.54) is 6.07 Å². The number of fused-ring (bicyclic) bond motifs is 1. The molecule has 0 unspecified atom stereocenters. The van der Waals surface area contributed by atoms with Crippen molar-refractivity contribution in [2.45, 2.75) is 58.9 Å². The first-order valence-corrected chi connectivity index (χ1v) is 9.81. The Morgan fingerprint density at radius 1 is 1.04 bits per heavy atom. The molecular weight excluding hydrogens is 356 g/mol. The van der Waals surface area contributed by atoms with E-state index < -0.39 is 5.63 Å². The van der Waals surface area contributed by atoms with Crippen LogP contribution in [0.1, 0.15) is 52.0 Å². The summed E-state index contributed by atoms with van der Waals surface area (Å²) < 4.78 is 5.25. The molecule has 1 aromatic carbocycles. The van der Waals surface area contributed by atoms with Gasteiger partial charge in [0.2, 0.25) is 11.8 Å². The molecule has 0 spiro atoms. The van der Waals surface area contributed by atoms with Gasteiger partial charge in [0.25, 0.3) is 0 Å². The Morgan fingerprint density at radius 3 is 2.32 bits per heavy atom. The van der Waals surface area contributed by atoms with Gasteiger partial charge in [0, 0.05) is 40.6 Å². The molecule has 3 rings (SSSR count). The molecule has 0 radical (unpaired) electrons. The summed E-state index contributed by atoms with van der Waals surface area (Å²) in [6.07, 6.45) is 3.29. The Labute approximate surface area is 164 Å². The van der Waals surface area contributed by atoms with Crippen LogP contribution in [0.3, 0.4) is 0 Å². The summed E-state index contributed by atoms with van der Waals surface area (Å²) in [4.78, 5) is 37.2. The second-order valence-electron chi connectivity index (χ2n) is 8.69. The highest BCUT2D eigenvalue weighted by Crippen LogP contribution is 2.32. The van der Waals surface area contributed by atoms with Crippen molar-refractivity contribution in [1.82, 2.24) is 5.32 Å². The summed E-state index contributed by atoms with van der Waals surface area (Å²) in [5.41, 5.74) is 1.08. The molecular formula is C22H28N2O4. The van der Waals surface area contributed by atoms with Crippen molar-refractivity contribution in [2.24, 2.45) is 11.8 Å². The normalized spacial score (nSPS) is 20.0. The molecule has 6 heteroatoms. The maximum atomic E-state index is 12.9. The van der Waals surface area contributed by atoms with Crippen molar-refractivity contribution in [2.75, 3.05) is 5.32 Å². The topological polar surface area (TPSA) is 88.4 Å². The van der Waals surface area contributed by atoms with Gasteiger partial charge in [-0.25, -0.2) is 4.79 Å². The number of aryl methyl sites for hydroxylation is 1. The molecule has 2 amide bonds. The lowest BCUT2D eigenvalue weighted by molar-refractivity contribution is -0.135. The zero-order valence-corrected chi connectivity index (χ0v) is 16.9. The summed E-state index contributed by atoms with van der Waals surface area (Å²) in [6.45, 7) is 7.66. The van der Waals surface area contributed by atoms with Crippen LogP contribution in [0.15, 0.2) is 33.5 Å². The SMILES string of the molecule is Cc1cc(=O)oc2cc(NC(=O)[C@H]3CCCC[C@H]3C(=O)NC(C)(C)C)ccc12. The Balaban J connectivity index is 1.79. The zero-order valence-electron chi connectivity index (χ0n) is 16.9. The Hall–Kier alpha value is -2.63. The lowest BCUT2D eigenvalue weighted by Crippen LogP contribution is -2.48. The van der Waals surface area contributed by atoms with Gasteiger partial charge in [-0.05, 0) is 58.2 Å². The number of nitrogens with one attached hydrogen (secondary N) is 2. The number of carbonyl (C=O) groups is 2. The number of amides is 2. The number of carbonyl (C=O) groups excluding carboxylic acids is 2. The first-order valence-electron chi connectivity index (χ1n) is 9.81. The van der Waals surface area contributed by atoms with Gasteiger partial charge in [-0.1, -0.05) is 12.8 Å². The summed E-state index contributed by atoms with van der Waals surface area (Å²) in [5, 5.41) is 6.75. The van der Waals surface area contributed by atoms with E-state index in [4.69, 9.17) is 4.42 Å². The van der Waals surface area contributed by atoms with Gasteiger partial charge < -0.3 is 15.1 Å². The number of hydrogen-bond donors (Lipinski definition) is 2. The molecule has 0 aliphatic heterocycles. The molecule has 6 nitrogen and oxygen atoms in total. The molecule has 0 bridgehead atoms. The third kappa shape index (κ3) is 4.61. The van der Waals surface area contributed by atoms with E-state index in [0.29, 0.717) is 24.1 Å². The number of benzene rings is 1. The summed E-state index contributed by atoms with van der Waals surface area (Å²) in [7, 11) is 0. The smallest absolute Gasteiger partial charge is 0.336 e. The number of anilines is 1. The van der Waals surface area contributed by atoms with Crippen molar-refractivity contribution < 1.29 is 14.0 Å². The third-order valence-electron chi connectivity index (χ3n) is 5.16. The van der Waals surface area contributed by atoms with Crippen LogP contribution in [0, 0.1) is 18.8 Å². The van der Waals surface area contributed by atoms with Gasteiger partial charge in [0.05, 0.1) is 0 Å². The highest BCUT2D eigenvalue weighted by Gasteiger charge is 2.36. The Bertz CT molecular complexity index is 955. The minimum absolute atomic E-state index is 0.0625. The molecule has 28 heavy (non-hydrogen) atoms. The van der Waals surface area contributed by atoms with Gasteiger partial charge in [-0.3, -0.25) is 9.59 Å². The Kier molecular flexibility index (Phi) is 5.59. The van der Waals surface area contributed by atoms with E-state index in [-0.39, 0.29) is 29.2 Å². The summed E-state index contributed by atoms with van der Waals surface area (Å²) in [6, 6.07) is 6.73. The number of rotatable bonds is 3. The van der Waals surface area contributed by atoms with Crippen molar-refractivity contribution >= 4 is 28.5 Å². The fourth-order valence-corrected chi connectivity index (χ4v) is 3.86. The first kappa shape index (κ1) is 20.1. The van der Waals surface area contributed by atoms with Crippen LogP contribution >= 0.6 is 0 Å². The van der Waals surface area contributed by atoms with Crippen LogP contribution in [-0.4, -0.2) is 17.4 Å². The average molecular weight is 384 g/mol. The fraction of sp³-hybridized carbons (Fsp3) is 0.500. The van der Waals surface area contributed by atoms with Crippen LogP contribution in [0.4, 0.5) is 5.69 Å². The van der Waals surface area contributed by atoms with E-state index >= 15 is 0 Å². The average Bonchev–Trinajstić information content (AvgIpc) is 2.59. The van der Waals surface area contributed by atoms with Gasteiger partial charge in [0.15, 0.2) is 0 Å².